The highest BCUT2D eigenvalue weighted by molar-refractivity contribution is 5.93. The maximum absolute atomic E-state index is 12.0. The summed E-state index contributed by atoms with van der Waals surface area (Å²) in [6.45, 7) is 5.18. The van der Waals surface area contributed by atoms with E-state index in [1.54, 1.807) is 6.08 Å². The molecule has 0 aliphatic carbocycles. The Labute approximate surface area is 149 Å². The minimum absolute atomic E-state index is 0.121. The van der Waals surface area contributed by atoms with Crippen LogP contribution in [0.2, 0.25) is 0 Å². The number of aryl methyl sites for hydroxylation is 3. The van der Waals surface area contributed by atoms with Crippen molar-refractivity contribution in [3.05, 3.63) is 70.8 Å². The van der Waals surface area contributed by atoms with E-state index in [4.69, 9.17) is 4.74 Å². The third-order valence-electron chi connectivity index (χ3n) is 3.92. The summed E-state index contributed by atoms with van der Waals surface area (Å²) in [4.78, 5) is 23.2. The molecule has 0 amide bonds. The predicted octanol–water partition coefficient (Wildman–Crippen LogP) is 4.83. The first-order valence-corrected chi connectivity index (χ1v) is 8.50. The fraction of sp³-hybridized carbons (Fsp3) is 0.273. The molecule has 0 saturated carbocycles. The summed E-state index contributed by atoms with van der Waals surface area (Å²) in [7, 11) is 0. The molecule has 3 nitrogen and oxygen atoms in total. The molecule has 0 N–H and O–H groups in total. The highest BCUT2D eigenvalue weighted by atomic mass is 16.5. The highest BCUT2D eigenvalue weighted by Crippen LogP contribution is 2.25. The molecule has 0 fully saturated rings. The van der Waals surface area contributed by atoms with Crippen LogP contribution in [0.25, 0.3) is 6.08 Å². The molecule has 2 aromatic rings. The second kappa shape index (κ2) is 8.97. The summed E-state index contributed by atoms with van der Waals surface area (Å²) < 4.78 is 5.22. The van der Waals surface area contributed by atoms with Crippen LogP contribution in [-0.2, 0) is 16.0 Å². The van der Waals surface area contributed by atoms with Gasteiger partial charge in [-0.05, 0) is 67.2 Å². The Kier molecular flexibility index (Phi) is 6.70. The van der Waals surface area contributed by atoms with Gasteiger partial charge in [-0.1, -0.05) is 36.4 Å². The van der Waals surface area contributed by atoms with E-state index < -0.39 is 0 Å². The van der Waals surface area contributed by atoms with Gasteiger partial charge in [0, 0.05) is 13.3 Å². The number of allylic oxidation sites excluding steroid dienone is 1. The molecule has 0 unspecified atom stereocenters. The van der Waals surface area contributed by atoms with Crippen LogP contribution in [-0.4, -0.2) is 11.8 Å². The fourth-order valence-corrected chi connectivity index (χ4v) is 2.77. The minimum Gasteiger partial charge on any atom is -0.426 e. The lowest BCUT2D eigenvalue weighted by Crippen LogP contribution is -2.04. The van der Waals surface area contributed by atoms with Gasteiger partial charge < -0.3 is 4.74 Å². The van der Waals surface area contributed by atoms with E-state index in [1.165, 1.54) is 12.5 Å². The lowest BCUT2D eigenvalue weighted by atomic mass is 10.0. The van der Waals surface area contributed by atoms with Crippen molar-refractivity contribution in [3.8, 4) is 5.75 Å². The first-order chi connectivity index (χ1) is 12.0. The van der Waals surface area contributed by atoms with Crippen LogP contribution in [0.1, 0.15) is 42.0 Å². The SMILES string of the molecule is CC(=O)Oc1c(C)cc(/C=C/C(=O)CCCc2ccccc2)cc1C. The molecule has 0 bridgehead atoms. The number of ether oxygens (including phenoxy) is 1. The van der Waals surface area contributed by atoms with E-state index in [2.05, 4.69) is 12.1 Å². The van der Waals surface area contributed by atoms with Gasteiger partial charge in [0.2, 0.25) is 0 Å². The van der Waals surface area contributed by atoms with E-state index >= 15 is 0 Å². The van der Waals surface area contributed by atoms with Gasteiger partial charge in [-0.25, -0.2) is 0 Å². The van der Waals surface area contributed by atoms with Crippen molar-refractivity contribution < 1.29 is 14.3 Å². The molecule has 2 rings (SSSR count). The zero-order valence-corrected chi connectivity index (χ0v) is 15.0. The number of hydrogen-bond acceptors (Lipinski definition) is 3. The predicted molar refractivity (Wildman–Crippen MR) is 101 cm³/mol. The minimum atomic E-state index is -0.330. The van der Waals surface area contributed by atoms with Gasteiger partial charge in [0.1, 0.15) is 5.75 Å². The first kappa shape index (κ1) is 18.7. The van der Waals surface area contributed by atoms with Gasteiger partial charge in [0.25, 0.3) is 0 Å². The zero-order chi connectivity index (χ0) is 18.2. The Morgan fingerprint density at radius 3 is 2.28 bits per heavy atom. The third kappa shape index (κ3) is 6.03. The van der Waals surface area contributed by atoms with Gasteiger partial charge in [-0.15, -0.1) is 0 Å². The van der Waals surface area contributed by atoms with Crippen molar-refractivity contribution in [3.63, 3.8) is 0 Å². The maximum Gasteiger partial charge on any atom is 0.308 e. The second-order valence-electron chi connectivity index (χ2n) is 6.22. The summed E-state index contributed by atoms with van der Waals surface area (Å²) in [5.74, 6) is 0.386. The molecule has 0 aromatic heterocycles. The summed E-state index contributed by atoms with van der Waals surface area (Å²) in [6, 6.07) is 14.0. The Bertz CT molecular complexity index is 750. The van der Waals surface area contributed by atoms with Gasteiger partial charge in [0.05, 0.1) is 0 Å². The van der Waals surface area contributed by atoms with E-state index in [-0.39, 0.29) is 11.8 Å². The third-order valence-corrected chi connectivity index (χ3v) is 3.92. The van der Waals surface area contributed by atoms with E-state index in [0.717, 1.165) is 29.5 Å². The molecule has 0 radical (unpaired) electrons. The Morgan fingerprint density at radius 1 is 1.04 bits per heavy atom. The number of carbonyl (C=O) groups excluding carboxylic acids is 2. The molecule has 0 atom stereocenters. The quantitative estimate of drug-likeness (QED) is 0.413. The second-order valence-corrected chi connectivity index (χ2v) is 6.22. The zero-order valence-electron chi connectivity index (χ0n) is 15.0. The van der Waals surface area contributed by atoms with Gasteiger partial charge in [-0.2, -0.15) is 0 Å². The maximum atomic E-state index is 12.0. The monoisotopic (exact) mass is 336 g/mol. The number of carbonyl (C=O) groups is 2. The topological polar surface area (TPSA) is 43.4 Å². The van der Waals surface area contributed by atoms with E-state index in [0.29, 0.717) is 12.2 Å². The van der Waals surface area contributed by atoms with Crippen LogP contribution in [0.15, 0.2) is 48.5 Å². The lowest BCUT2D eigenvalue weighted by Gasteiger charge is -2.10. The van der Waals surface area contributed by atoms with E-state index in [1.807, 2.05) is 50.3 Å². The summed E-state index contributed by atoms with van der Waals surface area (Å²) in [6.07, 6.45) is 5.74. The van der Waals surface area contributed by atoms with Gasteiger partial charge in [-0.3, -0.25) is 9.59 Å². The molecule has 3 heteroatoms. The van der Waals surface area contributed by atoms with Crippen LogP contribution in [0.5, 0.6) is 5.75 Å². The van der Waals surface area contributed by atoms with Gasteiger partial charge in [0.15, 0.2) is 5.78 Å². The smallest absolute Gasteiger partial charge is 0.308 e. The Morgan fingerprint density at radius 2 is 1.68 bits per heavy atom. The first-order valence-electron chi connectivity index (χ1n) is 8.50. The molecule has 0 spiro atoms. The van der Waals surface area contributed by atoms with Crippen LogP contribution in [0.4, 0.5) is 0 Å². The number of ketones is 1. The molecule has 0 saturated heterocycles. The lowest BCUT2D eigenvalue weighted by molar-refractivity contribution is -0.132. The normalized spacial score (nSPS) is 10.8. The van der Waals surface area contributed by atoms with Crippen molar-refractivity contribution in [2.24, 2.45) is 0 Å². The average Bonchev–Trinajstić information content (AvgIpc) is 2.57. The highest BCUT2D eigenvalue weighted by Gasteiger charge is 2.08. The van der Waals surface area contributed by atoms with Crippen LogP contribution in [0.3, 0.4) is 0 Å². The molecule has 130 valence electrons. The number of hydrogen-bond donors (Lipinski definition) is 0. The summed E-state index contributed by atoms with van der Waals surface area (Å²) in [5, 5.41) is 0. The van der Waals surface area contributed by atoms with Crippen LogP contribution < -0.4 is 4.74 Å². The Hall–Kier alpha value is -2.68. The molecule has 0 aliphatic heterocycles. The molecular formula is C22H24O3. The van der Waals surface area contributed by atoms with E-state index in [9.17, 15) is 9.59 Å². The molecule has 25 heavy (non-hydrogen) atoms. The summed E-state index contributed by atoms with van der Waals surface area (Å²) in [5.41, 5.74) is 3.95. The number of benzene rings is 2. The fourth-order valence-electron chi connectivity index (χ4n) is 2.77. The van der Waals surface area contributed by atoms with Crippen molar-refractivity contribution in [2.75, 3.05) is 0 Å². The average molecular weight is 336 g/mol. The largest absolute Gasteiger partial charge is 0.426 e. The molecule has 0 heterocycles. The standard InChI is InChI=1S/C22H24O3/c1-16-14-20(15-17(2)22(16)25-18(3)23)12-13-21(24)11-7-10-19-8-5-4-6-9-19/h4-6,8-9,12-15H,7,10-11H2,1-3H3/b13-12+. The van der Waals surface area contributed by atoms with Crippen molar-refractivity contribution in [1.82, 2.24) is 0 Å². The number of rotatable bonds is 7. The molecule has 0 aliphatic rings. The Balaban J connectivity index is 1.92. The van der Waals surface area contributed by atoms with Crippen molar-refractivity contribution >= 4 is 17.8 Å². The van der Waals surface area contributed by atoms with Gasteiger partial charge >= 0.3 is 5.97 Å². The van der Waals surface area contributed by atoms with Crippen molar-refractivity contribution in [2.45, 2.75) is 40.0 Å². The van der Waals surface area contributed by atoms with Crippen LogP contribution >= 0.6 is 0 Å². The molecular weight excluding hydrogens is 312 g/mol. The molecule has 2 aromatic carbocycles. The van der Waals surface area contributed by atoms with Crippen LogP contribution in [0, 0.1) is 13.8 Å². The summed E-state index contributed by atoms with van der Waals surface area (Å²) >= 11 is 0. The van der Waals surface area contributed by atoms with Crippen molar-refractivity contribution in [1.29, 1.82) is 0 Å². The number of esters is 1.